The van der Waals surface area contributed by atoms with Crippen molar-refractivity contribution in [2.45, 2.75) is 13.3 Å². The number of methoxy groups -OCH3 is 1. The van der Waals surface area contributed by atoms with Crippen LogP contribution in [0.1, 0.15) is 24.5 Å². The molecule has 0 fully saturated rings. The number of carbonyl (C=O) groups excluding carboxylic acids is 1. The van der Waals surface area contributed by atoms with Gasteiger partial charge in [-0.3, -0.25) is 10.1 Å². The first-order valence-electron chi connectivity index (χ1n) is 8.70. The van der Waals surface area contributed by atoms with Crippen molar-refractivity contribution in [2.24, 2.45) is 4.99 Å². The van der Waals surface area contributed by atoms with Gasteiger partial charge in [0.05, 0.1) is 29.2 Å². The maximum atomic E-state index is 12.2. The number of esters is 1. The lowest BCUT2D eigenvalue weighted by Gasteiger charge is -2.10. The van der Waals surface area contributed by atoms with Crippen LogP contribution in [0.15, 0.2) is 47.1 Å². The van der Waals surface area contributed by atoms with E-state index in [1.54, 1.807) is 24.3 Å². The predicted molar refractivity (Wildman–Crippen MR) is 107 cm³/mol. The summed E-state index contributed by atoms with van der Waals surface area (Å²) in [6, 6.07) is 9.06. The molecule has 2 aromatic carbocycles. The number of aliphatic imine (C=N–C) groups is 1. The summed E-state index contributed by atoms with van der Waals surface area (Å²) in [7, 11) is 1.53. The molecule has 0 N–H and O–H groups in total. The molecular formula is C20H17ClN2O6. The van der Waals surface area contributed by atoms with Crippen molar-refractivity contribution in [2.75, 3.05) is 13.7 Å². The Balaban J connectivity index is 1.90. The van der Waals surface area contributed by atoms with Gasteiger partial charge in [-0.25, -0.2) is 9.79 Å². The van der Waals surface area contributed by atoms with Gasteiger partial charge in [-0.2, -0.15) is 0 Å². The van der Waals surface area contributed by atoms with Crippen molar-refractivity contribution in [3.8, 4) is 11.5 Å². The Morgan fingerprint density at radius 2 is 2.03 bits per heavy atom. The number of nitro benzene ring substituents is 1. The summed E-state index contributed by atoms with van der Waals surface area (Å²) in [6.07, 6.45) is 2.41. The fraction of sp³-hybridized carbons (Fsp3) is 0.200. The Hall–Kier alpha value is -3.39. The highest BCUT2D eigenvalue weighted by molar-refractivity contribution is 6.34. The summed E-state index contributed by atoms with van der Waals surface area (Å²) in [6.45, 7) is 2.57. The van der Waals surface area contributed by atoms with Crippen LogP contribution in [0, 0.1) is 10.1 Å². The van der Waals surface area contributed by atoms with Gasteiger partial charge in [0.1, 0.15) is 0 Å². The van der Waals surface area contributed by atoms with Crippen LogP contribution in [0.3, 0.4) is 0 Å². The number of carbonyl (C=O) groups is 1. The van der Waals surface area contributed by atoms with Crippen molar-refractivity contribution in [3.63, 3.8) is 0 Å². The van der Waals surface area contributed by atoms with Gasteiger partial charge in [0.15, 0.2) is 17.2 Å². The van der Waals surface area contributed by atoms with Crippen LogP contribution in [-0.4, -0.2) is 30.5 Å². The lowest BCUT2D eigenvalue weighted by atomic mass is 10.1. The quantitative estimate of drug-likeness (QED) is 0.287. The summed E-state index contributed by atoms with van der Waals surface area (Å²) in [5.74, 6) is 0.463. The van der Waals surface area contributed by atoms with E-state index in [1.807, 2.05) is 6.92 Å². The van der Waals surface area contributed by atoms with E-state index in [0.29, 0.717) is 23.7 Å². The van der Waals surface area contributed by atoms with Gasteiger partial charge in [0.2, 0.25) is 5.90 Å². The molecule has 0 aromatic heterocycles. The molecule has 1 aliphatic rings. The number of hydrogen-bond acceptors (Lipinski definition) is 7. The third-order valence-corrected chi connectivity index (χ3v) is 4.28. The fourth-order valence-electron chi connectivity index (χ4n) is 2.58. The fourth-order valence-corrected chi connectivity index (χ4v) is 2.83. The van der Waals surface area contributed by atoms with Gasteiger partial charge in [0.25, 0.3) is 5.69 Å². The molecule has 8 nitrogen and oxygen atoms in total. The molecule has 0 aliphatic carbocycles. The smallest absolute Gasteiger partial charge is 0.363 e. The molecule has 0 unspecified atom stereocenters. The number of non-ortho nitro benzene ring substituents is 1. The molecule has 0 amide bonds. The van der Waals surface area contributed by atoms with Gasteiger partial charge in [-0.1, -0.05) is 24.6 Å². The van der Waals surface area contributed by atoms with Crippen molar-refractivity contribution in [3.05, 3.63) is 68.4 Å². The number of cyclic esters (lactones) is 1. The van der Waals surface area contributed by atoms with Crippen LogP contribution in [0.4, 0.5) is 5.69 Å². The average Bonchev–Trinajstić information content (AvgIpc) is 3.06. The Labute approximate surface area is 171 Å². The zero-order chi connectivity index (χ0) is 21.0. The largest absolute Gasteiger partial charge is 0.493 e. The van der Waals surface area contributed by atoms with Gasteiger partial charge in [0, 0.05) is 12.1 Å². The third-order valence-electron chi connectivity index (χ3n) is 3.97. The van der Waals surface area contributed by atoms with Crippen LogP contribution in [-0.2, 0) is 9.53 Å². The Morgan fingerprint density at radius 1 is 1.24 bits per heavy atom. The average molecular weight is 417 g/mol. The SMILES string of the molecule is CCCOc1ccc(/C=C2/N=C(c3ccc([N+](=O)[O-])cc3Cl)OC2=O)cc1OC. The normalized spacial score (nSPS) is 14.5. The highest BCUT2D eigenvalue weighted by Gasteiger charge is 2.26. The van der Waals surface area contributed by atoms with E-state index in [1.165, 1.54) is 25.3 Å². The summed E-state index contributed by atoms with van der Waals surface area (Å²) < 4.78 is 16.1. The minimum Gasteiger partial charge on any atom is -0.493 e. The third kappa shape index (κ3) is 4.55. The standard InChI is InChI=1S/C20H17ClN2O6/c1-3-8-28-17-7-4-12(10-18(17)27-2)9-16-20(24)29-19(22-16)14-6-5-13(23(25)26)11-15(14)21/h4-7,9-11H,3,8H2,1-2H3/b16-9+. The van der Waals surface area contributed by atoms with E-state index >= 15 is 0 Å². The van der Waals surface area contributed by atoms with Gasteiger partial charge in [-0.05, 0) is 36.3 Å². The molecule has 0 saturated carbocycles. The predicted octanol–water partition coefficient (Wildman–Crippen LogP) is 4.39. The summed E-state index contributed by atoms with van der Waals surface area (Å²) in [5.41, 5.74) is 0.850. The number of hydrogen-bond donors (Lipinski definition) is 0. The number of nitro groups is 1. The highest BCUT2D eigenvalue weighted by atomic mass is 35.5. The molecule has 0 radical (unpaired) electrons. The lowest BCUT2D eigenvalue weighted by Crippen LogP contribution is -2.06. The van der Waals surface area contributed by atoms with E-state index in [-0.39, 0.29) is 27.9 Å². The molecule has 2 aromatic rings. The van der Waals surface area contributed by atoms with Crippen molar-refractivity contribution < 1.29 is 23.9 Å². The topological polar surface area (TPSA) is 100 Å². The van der Waals surface area contributed by atoms with E-state index in [9.17, 15) is 14.9 Å². The number of ether oxygens (including phenoxy) is 3. The molecule has 0 bridgehead atoms. The van der Waals surface area contributed by atoms with E-state index in [2.05, 4.69) is 4.99 Å². The Bertz CT molecular complexity index is 1030. The molecule has 1 aliphatic heterocycles. The summed E-state index contributed by atoms with van der Waals surface area (Å²) in [5, 5.41) is 10.9. The molecule has 9 heteroatoms. The van der Waals surface area contributed by atoms with Crippen LogP contribution in [0.2, 0.25) is 5.02 Å². The Morgan fingerprint density at radius 3 is 2.69 bits per heavy atom. The molecule has 0 atom stereocenters. The zero-order valence-corrected chi connectivity index (χ0v) is 16.4. The van der Waals surface area contributed by atoms with Gasteiger partial charge in [-0.15, -0.1) is 0 Å². The van der Waals surface area contributed by atoms with Crippen LogP contribution >= 0.6 is 11.6 Å². The summed E-state index contributed by atoms with van der Waals surface area (Å²) in [4.78, 5) is 26.6. The number of halogens is 1. The molecule has 1 heterocycles. The van der Waals surface area contributed by atoms with Gasteiger partial charge < -0.3 is 14.2 Å². The number of rotatable bonds is 7. The second-order valence-corrected chi connectivity index (χ2v) is 6.42. The van der Waals surface area contributed by atoms with Crippen LogP contribution in [0.25, 0.3) is 6.08 Å². The van der Waals surface area contributed by atoms with Gasteiger partial charge >= 0.3 is 5.97 Å². The van der Waals surface area contributed by atoms with Crippen molar-refractivity contribution in [1.29, 1.82) is 0 Å². The molecule has 0 saturated heterocycles. The molecule has 150 valence electrons. The number of benzene rings is 2. The second-order valence-electron chi connectivity index (χ2n) is 6.02. The van der Waals surface area contributed by atoms with Crippen LogP contribution in [0.5, 0.6) is 11.5 Å². The molecule has 0 spiro atoms. The maximum absolute atomic E-state index is 12.2. The monoisotopic (exact) mass is 416 g/mol. The van der Waals surface area contributed by atoms with Crippen molar-refractivity contribution in [1.82, 2.24) is 0 Å². The maximum Gasteiger partial charge on any atom is 0.363 e. The minimum atomic E-state index is -0.653. The van der Waals surface area contributed by atoms with Crippen molar-refractivity contribution >= 4 is 35.2 Å². The summed E-state index contributed by atoms with van der Waals surface area (Å²) >= 11 is 6.08. The second kappa shape index (κ2) is 8.74. The van der Waals surface area contributed by atoms with Crippen LogP contribution < -0.4 is 9.47 Å². The lowest BCUT2D eigenvalue weighted by molar-refractivity contribution is -0.384. The minimum absolute atomic E-state index is 0.0176. The first-order chi connectivity index (χ1) is 13.9. The molecule has 3 rings (SSSR count). The van der Waals surface area contributed by atoms with E-state index in [0.717, 1.165) is 6.42 Å². The first kappa shape index (κ1) is 20.3. The molecule has 29 heavy (non-hydrogen) atoms. The van der Waals surface area contributed by atoms with E-state index < -0.39 is 10.9 Å². The first-order valence-corrected chi connectivity index (χ1v) is 9.08. The molecular weight excluding hydrogens is 400 g/mol. The number of nitrogens with zero attached hydrogens (tertiary/aromatic N) is 2. The van der Waals surface area contributed by atoms with E-state index in [4.69, 9.17) is 25.8 Å². The Kier molecular flexibility index (Phi) is 6.13. The highest BCUT2D eigenvalue weighted by Crippen LogP contribution is 2.31. The zero-order valence-electron chi connectivity index (χ0n) is 15.7.